The molecular formula is C52H40N6O2. The second-order valence-electron chi connectivity index (χ2n) is 14.3. The van der Waals surface area contributed by atoms with Crippen molar-refractivity contribution in [2.45, 2.75) is 13.1 Å². The summed E-state index contributed by atoms with van der Waals surface area (Å²) in [5, 5.41) is 28.1. The van der Waals surface area contributed by atoms with Crippen LogP contribution in [0.3, 0.4) is 0 Å². The SMILES string of the molecule is O=C1C(c2ccc(/C=N/N(c3ccccc3)c3ccccc3)n2Cc2ccccc2)=C([O-])/C1=C1/C=CC(/C=N/N(c2ccccc2)c2ccccc2)=[N+]1Cc1ccccc1. The number of anilines is 4. The third-order valence-electron chi connectivity index (χ3n) is 10.4. The van der Waals surface area contributed by atoms with Gasteiger partial charge in [0, 0.05) is 29.8 Å². The molecule has 0 saturated heterocycles. The van der Waals surface area contributed by atoms with Gasteiger partial charge in [0.1, 0.15) is 6.21 Å². The first-order chi connectivity index (χ1) is 29.6. The van der Waals surface area contributed by atoms with Gasteiger partial charge in [0.25, 0.3) is 0 Å². The topological polar surface area (TPSA) is 79.3 Å². The summed E-state index contributed by atoms with van der Waals surface area (Å²) in [5.41, 5.74) is 8.56. The van der Waals surface area contributed by atoms with E-state index in [4.69, 9.17) is 10.2 Å². The molecule has 0 saturated carbocycles. The molecule has 6 aromatic carbocycles. The van der Waals surface area contributed by atoms with E-state index in [0.717, 1.165) is 45.3 Å². The number of rotatable bonds is 13. The predicted octanol–water partition coefficient (Wildman–Crippen LogP) is 9.66. The molecule has 0 bridgehead atoms. The number of benzene rings is 6. The van der Waals surface area contributed by atoms with Crippen molar-refractivity contribution in [1.29, 1.82) is 0 Å². The predicted molar refractivity (Wildman–Crippen MR) is 240 cm³/mol. The van der Waals surface area contributed by atoms with E-state index >= 15 is 0 Å². The van der Waals surface area contributed by atoms with Gasteiger partial charge in [-0.25, -0.2) is 10.0 Å². The second-order valence-corrected chi connectivity index (χ2v) is 14.3. The van der Waals surface area contributed by atoms with Crippen LogP contribution in [-0.2, 0) is 17.9 Å². The van der Waals surface area contributed by atoms with Crippen molar-refractivity contribution < 1.29 is 14.5 Å². The summed E-state index contributed by atoms with van der Waals surface area (Å²) in [6, 6.07) is 63.5. The molecule has 9 rings (SSSR count). The van der Waals surface area contributed by atoms with Gasteiger partial charge in [0.15, 0.2) is 6.54 Å². The van der Waals surface area contributed by atoms with Crippen molar-refractivity contribution in [3.05, 3.63) is 246 Å². The van der Waals surface area contributed by atoms with Gasteiger partial charge in [-0.1, -0.05) is 139 Å². The van der Waals surface area contributed by atoms with Crippen molar-refractivity contribution in [3.63, 3.8) is 0 Å². The summed E-state index contributed by atoms with van der Waals surface area (Å²) in [6.45, 7) is 0.871. The van der Waals surface area contributed by atoms with Crippen LogP contribution in [0.4, 0.5) is 22.7 Å². The maximum atomic E-state index is 14.5. The number of carbonyl (C=O) groups is 1. The molecule has 2 aliphatic rings. The summed E-state index contributed by atoms with van der Waals surface area (Å²) < 4.78 is 4.00. The fourth-order valence-corrected chi connectivity index (χ4v) is 7.45. The number of carbonyl (C=O) groups excluding carboxylic acids is 1. The Morgan fingerprint density at radius 2 is 0.967 bits per heavy atom. The van der Waals surface area contributed by atoms with Crippen molar-refractivity contribution >= 4 is 52.2 Å². The fraction of sp³-hybridized carbons (Fsp3) is 0.0385. The zero-order valence-corrected chi connectivity index (χ0v) is 32.7. The monoisotopic (exact) mass is 780 g/mol. The second kappa shape index (κ2) is 17.2. The average molecular weight is 781 g/mol. The van der Waals surface area contributed by atoms with Gasteiger partial charge in [0.2, 0.25) is 17.2 Å². The van der Waals surface area contributed by atoms with Crippen molar-refractivity contribution in [2.75, 3.05) is 10.0 Å². The van der Waals surface area contributed by atoms with Gasteiger partial charge in [-0.3, -0.25) is 4.79 Å². The van der Waals surface area contributed by atoms with Gasteiger partial charge in [-0.15, -0.1) is 0 Å². The number of ketones is 1. The molecule has 0 radical (unpaired) electrons. The Morgan fingerprint density at radius 1 is 0.517 bits per heavy atom. The Hall–Kier alpha value is -8.10. The molecule has 8 heteroatoms. The van der Waals surface area contributed by atoms with Gasteiger partial charge < -0.3 is 9.67 Å². The van der Waals surface area contributed by atoms with E-state index in [9.17, 15) is 9.90 Å². The average Bonchev–Trinajstić information content (AvgIpc) is 3.88. The Labute approximate surface area is 349 Å². The summed E-state index contributed by atoms with van der Waals surface area (Å²) >= 11 is 0. The smallest absolute Gasteiger partial charge is 0.226 e. The zero-order chi connectivity index (χ0) is 40.7. The van der Waals surface area contributed by atoms with E-state index in [1.165, 1.54) is 0 Å². The number of hydrazone groups is 2. The number of nitrogens with zero attached hydrogens (tertiary/aromatic N) is 6. The van der Waals surface area contributed by atoms with Crippen LogP contribution in [0.1, 0.15) is 22.5 Å². The number of para-hydroxylation sites is 4. The minimum atomic E-state index is -0.294. The van der Waals surface area contributed by atoms with Crippen molar-refractivity contribution in [1.82, 2.24) is 4.57 Å². The maximum absolute atomic E-state index is 14.5. The molecule has 8 nitrogen and oxygen atoms in total. The van der Waals surface area contributed by atoms with E-state index in [-0.39, 0.29) is 22.7 Å². The largest absolute Gasteiger partial charge is 0.871 e. The summed E-state index contributed by atoms with van der Waals surface area (Å²) in [7, 11) is 0. The quantitative estimate of drug-likeness (QED) is 0.0506. The lowest BCUT2D eigenvalue weighted by Crippen LogP contribution is -2.33. The molecule has 7 aromatic rings. The molecule has 1 aromatic heterocycles. The Morgan fingerprint density at radius 3 is 1.45 bits per heavy atom. The molecule has 290 valence electrons. The van der Waals surface area contributed by atoms with Crippen LogP contribution in [0.5, 0.6) is 0 Å². The molecule has 1 aliphatic carbocycles. The molecule has 0 fully saturated rings. The highest BCUT2D eigenvalue weighted by atomic mass is 16.3. The number of hydrogen-bond acceptors (Lipinski definition) is 6. The zero-order valence-electron chi connectivity index (χ0n) is 32.7. The molecule has 2 heterocycles. The highest BCUT2D eigenvalue weighted by Crippen LogP contribution is 2.39. The Kier molecular flexibility index (Phi) is 10.7. The van der Waals surface area contributed by atoms with Crippen LogP contribution < -0.4 is 15.1 Å². The van der Waals surface area contributed by atoms with Crippen LogP contribution in [0, 0.1) is 0 Å². The summed E-state index contributed by atoms with van der Waals surface area (Å²) in [5.74, 6) is -0.589. The number of aromatic nitrogens is 1. The number of Topliss-reactive ketones (excluding diaryl/α,β-unsaturated/α-hetero) is 1. The van der Waals surface area contributed by atoms with Crippen molar-refractivity contribution in [2.24, 2.45) is 10.2 Å². The number of allylic oxidation sites excluding steroid dienone is 4. The highest BCUT2D eigenvalue weighted by Gasteiger charge is 2.38. The summed E-state index contributed by atoms with van der Waals surface area (Å²) in [6.07, 6.45) is 7.34. The minimum absolute atomic E-state index is 0.158. The molecule has 60 heavy (non-hydrogen) atoms. The lowest BCUT2D eigenvalue weighted by molar-refractivity contribution is -0.484. The molecule has 0 spiro atoms. The fourth-order valence-electron chi connectivity index (χ4n) is 7.45. The lowest BCUT2D eigenvalue weighted by Gasteiger charge is -2.31. The van der Waals surface area contributed by atoms with Crippen LogP contribution in [0.25, 0.3) is 5.57 Å². The molecule has 1 aliphatic heterocycles. The van der Waals surface area contributed by atoms with Gasteiger partial charge >= 0.3 is 0 Å². The van der Waals surface area contributed by atoms with Crippen LogP contribution in [-0.4, -0.2) is 33.1 Å². The van der Waals surface area contributed by atoms with Crippen molar-refractivity contribution in [3.8, 4) is 0 Å². The van der Waals surface area contributed by atoms with E-state index in [0.29, 0.717) is 24.5 Å². The third kappa shape index (κ3) is 7.77. The minimum Gasteiger partial charge on any atom is -0.871 e. The third-order valence-corrected chi connectivity index (χ3v) is 10.4. The van der Waals surface area contributed by atoms with Gasteiger partial charge in [-0.2, -0.15) is 14.8 Å². The van der Waals surface area contributed by atoms with Crippen LogP contribution in [0.2, 0.25) is 0 Å². The van der Waals surface area contributed by atoms with E-state index in [1.807, 2.05) is 225 Å². The number of hydrogen-bond donors (Lipinski definition) is 0. The maximum Gasteiger partial charge on any atom is 0.226 e. The van der Waals surface area contributed by atoms with Gasteiger partial charge in [0.05, 0.1) is 45.9 Å². The van der Waals surface area contributed by atoms with Crippen LogP contribution in [0.15, 0.2) is 234 Å². The first kappa shape index (κ1) is 37.5. The molecule has 0 amide bonds. The normalized spacial score (nSPS) is 15.0. The lowest BCUT2D eigenvalue weighted by atomic mass is 9.84. The molecule has 0 N–H and O–H groups in total. The standard InChI is InChI=1S/C52H40N6O2/c59-51-49(47-33-31-45(55(47)37-39-19-7-1-8-20-39)35-53-57(41-23-11-3-12-24-41)42-25-13-4-14-26-42)52(60)50(51)48-34-32-46(56(48)38-40-21-9-2-10-22-40)36-54-58(43-27-15-5-16-28-43)44-29-17-6-18-30-44/h1-36H,37-38H2. The Balaban J connectivity index is 1.12. The van der Waals surface area contributed by atoms with E-state index < -0.39 is 0 Å². The Bertz CT molecular complexity index is 2730. The van der Waals surface area contributed by atoms with E-state index in [2.05, 4.69) is 0 Å². The first-order valence-corrected chi connectivity index (χ1v) is 19.8. The molecule has 0 unspecified atom stereocenters. The van der Waals surface area contributed by atoms with Gasteiger partial charge in [-0.05, 0) is 66.2 Å². The van der Waals surface area contributed by atoms with E-state index in [1.54, 1.807) is 12.4 Å². The summed E-state index contributed by atoms with van der Waals surface area (Å²) in [4.78, 5) is 14.5. The molecule has 0 atom stereocenters. The molecular weight excluding hydrogens is 741 g/mol. The van der Waals surface area contributed by atoms with Crippen LogP contribution >= 0.6 is 0 Å². The first-order valence-electron chi connectivity index (χ1n) is 19.8. The highest BCUT2D eigenvalue weighted by molar-refractivity contribution is 6.39.